The van der Waals surface area contributed by atoms with Crippen LogP contribution in [0.25, 0.3) is 0 Å². The first-order valence-corrected chi connectivity index (χ1v) is 9.92. The molecule has 0 aliphatic carbocycles. The Morgan fingerprint density at radius 1 is 1.23 bits per heavy atom. The molecule has 0 radical (unpaired) electrons. The third-order valence-corrected chi connectivity index (χ3v) is 6.02. The summed E-state index contributed by atoms with van der Waals surface area (Å²) in [4.78, 5) is 12.1. The molecule has 1 aliphatic rings. The summed E-state index contributed by atoms with van der Waals surface area (Å²) in [5.74, 6) is -0.335. The Balaban J connectivity index is 1.67. The van der Waals surface area contributed by atoms with Gasteiger partial charge in [-0.2, -0.15) is 0 Å². The summed E-state index contributed by atoms with van der Waals surface area (Å²) in [5, 5.41) is 5.33. The van der Waals surface area contributed by atoms with E-state index in [-0.39, 0.29) is 18.1 Å². The van der Waals surface area contributed by atoms with Crippen molar-refractivity contribution in [1.82, 2.24) is 5.32 Å². The van der Waals surface area contributed by atoms with Gasteiger partial charge in [-0.05, 0) is 48.7 Å². The number of rotatable bonds is 5. The molecule has 0 atom stereocenters. The minimum Gasteiger partial charge on any atom is -0.334 e. The van der Waals surface area contributed by atoms with E-state index in [4.69, 9.17) is 0 Å². The number of halogens is 1. The van der Waals surface area contributed by atoms with Crippen molar-refractivity contribution in [2.24, 2.45) is 0 Å². The monoisotopic (exact) mass is 377 g/mol. The summed E-state index contributed by atoms with van der Waals surface area (Å²) in [6, 6.07) is 10.8. The maximum atomic E-state index is 13.1. The molecule has 1 heterocycles. The molecule has 2 aromatic rings. The van der Waals surface area contributed by atoms with Crippen LogP contribution in [0.3, 0.4) is 0 Å². The second kappa shape index (κ2) is 7.33. The SMILES string of the molecule is CCS(=O)(=O)N1CCc2ccc(NC(=O)NCc3cccc(F)c3)cc21. The van der Waals surface area contributed by atoms with Crippen LogP contribution in [0.5, 0.6) is 0 Å². The van der Waals surface area contributed by atoms with Crippen molar-refractivity contribution in [2.75, 3.05) is 21.9 Å². The Labute approximate surface area is 152 Å². The van der Waals surface area contributed by atoms with Gasteiger partial charge in [-0.1, -0.05) is 18.2 Å². The molecule has 0 bridgehead atoms. The zero-order chi connectivity index (χ0) is 18.7. The highest BCUT2D eigenvalue weighted by molar-refractivity contribution is 7.92. The van der Waals surface area contributed by atoms with Gasteiger partial charge in [0, 0.05) is 18.8 Å². The zero-order valence-electron chi connectivity index (χ0n) is 14.3. The largest absolute Gasteiger partial charge is 0.334 e. The van der Waals surface area contributed by atoms with Crippen molar-refractivity contribution in [3.8, 4) is 0 Å². The third kappa shape index (κ3) is 3.96. The van der Waals surface area contributed by atoms with Gasteiger partial charge in [0.25, 0.3) is 0 Å². The van der Waals surface area contributed by atoms with Crippen LogP contribution in [-0.2, 0) is 23.0 Å². The Kier molecular flexibility index (Phi) is 5.13. The van der Waals surface area contributed by atoms with Gasteiger partial charge in [-0.3, -0.25) is 4.31 Å². The van der Waals surface area contributed by atoms with Crippen molar-refractivity contribution >= 4 is 27.4 Å². The van der Waals surface area contributed by atoms with Crippen molar-refractivity contribution in [3.63, 3.8) is 0 Å². The quantitative estimate of drug-likeness (QED) is 0.841. The fraction of sp³-hybridized carbons (Fsp3) is 0.278. The molecule has 1 aliphatic heterocycles. The van der Waals surface area contributed by atoms with E-state index in [1.54, 1.807) is 31.2 Å². The maximum absolute atomic E-state index is 13.1. The molecule has 0 fully saturated rings. The summed E-state index contributed by atoms with van der Waals surface area (Å²) in [6.07, 6.45) is 0.653. The van der Waals surface area contributed by atoms with E-state index in [0.717, 1.165) is 5.56 Å². The van der Waals surface area contributed by atoms with E-state index in [0.29, 0.717) is 29.9 Å². The Morgan fingerprint density at radius 2 is 2.04 bits per heavy atom. The van der Waals surface area contributed by atoms with Crippen molar-refractivity contribution < 1.29 is 17.6 Å². The van der Waals surface area contributed by atoms with E-state index < -0.39 is 16.1 Å². The first-order chi connectivity index (χ1) is 12.4. The average molecular weight is 377 g/mol. The lowest BCUT2D eigenvalue weighted by Gasteiger charge is -2.19. The smallest absolute Gasteiger partial charge is 0.319 e. The minimum absolute atomic E-state index is 0.0260. The molecule has 138 valence electrons. The second-order valence-electron chi connectivity index (χ2n) is 6.00. The molecule has 6 nitrogen and oxygen atoms in total. The zero-order valence-corrected chi connectivity index (χ0v) is 15.1. The molecule has 2 N–H and O–H groups in total. The molecule has 0 saturated carbocycles. The number of hydrogen-bond donors (Lipinski definition) is 2. The van der Waals surface area contributed by atoms with Crippen LogP contribution in [0.15, 0.2) is 42.5 Å². The number of carbonyl (C=O) groups is 1. The lowest BCUT2D eigenvalue weighted by atomic mass is 10.1. The summed E-state index contributed by atoms with van der Waals surface area (Å²) in [6.45, 7) is 2.21. The summed E-state index contributed by atoms with van der Waals surface area (Å²) in [5.41, 5.74) is 2.69. The maximum Gasteiger partial charge on any atom is 0.319 e. The number of nitrogens with one attached hydrogen (secondary N) is 2. The van der Waals surface area contributed by atoms with Gasteiger partial charge < -0.3 is 10.6 Å². The molecule has 0 unspecified atom stereocenters. The minimum atomic E-state index is -3.34. The Hall–Kier alpha value is -2.61. The first-order valence-electron chi connectivity index (χ1n) is 8.31. The van der Waals surface area contributed by atoms with Crippen molar-refractivity contribution in [1.29, 1.82) is 0 Å². The number of sulfonamides is 1. The second-order valence-corrected chi connectivity index (χ2v) is 8.19. The van der Waals surface area contributed by atoms with Gasteiger partial charge in [0.2, 0.25) is 10.0 Å². The van der Waals surface area contributed by atoms with Crippen LogP contribution in [0.4, 0.5) is 20.6 Å². The van der Waals surface area contributed by atoms with E-state index in [1.807, 2.05) is 6.07 Å². The van der Waals surface area contributed by atoms with Gasteiger partial charge in [0.1, 0.15) is 5.82 Å². The molecule has 2 amide bonds. The van der Waals surface area contributed by atoms with Crippen LogP contribution < -0.4 is 14.9 Å². The number of hydrogen-bond acceptors (Lipinski definition) is 3. The molecule has 8 heteroatoms. The van der Waals surface area contributed by atoms with Gasteiger partial charge in [0.15, 0.2) is 0 Å². The normalized spacial score (nSPS) is 13.4. The van der Waals surface area contributed by atoms with Crippen molar-refractivity contribution in [2.45, 2.75) is 19.9 Å². The van der Waals surface area contributed by atoms with Gasteiger partial charge in [0.05, 0.1) is 11.4 Å². The van der Waals surface area contributed by atoms with E-state index in [9.17, 15) is 17.6 Å². The standard InChI is InChI=1S/C18H20FN3O3S/c1-2-26(24,25)22-9-8-14-6-7-16(11-17(14)22)21-18(23)20-12-13-4-3-5-15(19)10-13/h3-7,10-11H,2,8-9,12H2,1H3,(H2,20,21,23). The van der Waals surface area contributed by atoms with E-state index in [1.165, 1.54) is 16.4 Å². The Morgan fingerprint density at radius 3 is 2.77 bits per heavy atom. The predicted molar refractivity (Wildman–Crippen MR) is 99.2 cm³/mol. The molecule has 0 aromatic heterocycles. The fourth-order valence-corrected chi connectivity index (χ4v) is 4.03. The van der Waals surface area contributed by atoms with Crippen LogP contribution in [0, 0.1) is 5.82 Å². The first kappa shape index (κ1) is 18.2. The third-order valence-electron chi connectivity index (χ3n) is 4.24. The number of anilines is 2. The lowest BCUT2D eigenvalue weighted by molar-refractivity contribution is 0.251. The topological polar surface area (TPSA) is 78.5 Å². The number of amides is 2. The van der Waals surface area contributed by atoms with E-state index >= 15 is 0 Å². The molecule has 26 heavy (non-hydrogen) atoms. The number of urea groups is 1. The van der Waals surface area contributed by atoms with E-state index in [2.05, 4.69) is 10.6 Å². The highest BCUT2D eigenvalue weighted by Crippen LogP contribution is 2.33. The van der Waals surface area contributed by atoms with Crippen LogP contribution in [-0.4, -0.2) is 26.7 Å². The number of benzene rings is 2. The predicted octanol–water partition coefficient (Wildman–Crippen LogP) is 2.86. The number of fused-ring (bicyclic) bond motifs is 1. The molecule has 0 saturated heterocycles. The molecule has 2 aromatic carbocycles. The highest BCUT2D eigenvalue weighted by atomic mass is 32.2. The summed E-state index contributed by atoms with van der Waals surface area (Å²) < 4.78 is 38.9. The lowest BCUT2D eigenvalue weighted by Crippen LogP contribution is -2.30. The van der Waals surface area contributed by atoms with Crippen LogP contribution in [0.2, 0.25) is 0 Å². The van der Waals surface area contributed by atoms with Crippen LogP contribution in [0.1, 0.15) is 18.1 Å². The summed E-state index contributed by atoms with van der Waals surface area (Å²) >= 11 is 0. The summed E-state index contributed by atoms with van der Waals surface area (Å²) in [7, 11) is -3.34. The number of carbonyl (C=O) groups excluding carboxylic acids is 1. The molecular formula is C18H20FN3O3S. The van der Waals surface area contributed by atoms with Gasteiger partial charge in [-0.15, -0.1) is 0 Å². The molecule has 0 spiro atoms. The molecule has 3 rings (SSSR count). The molecular weight excluding hydrogens is 357 g/mol. The highest BCUT2D eigenvalue weighted by Gasteiger charge is 2.28. The van der Waals surface area contributed by atoms with Gasteiger partial charge in [-0.25, -0.2) is 17.6 Å². The average Bonchev–Trinajstić information content (AvgIpc) is 3.04. The van der Waals surface area contributed by atoms with Crippen molar-refractivity contribution in [3.05, 3.63) is 59.4 Å². The fourth-order valence-electron chi connectivity index (χ4n) is 2.88. The number of nitrogens with zero attached hydrogens (tertiary/aromatic N) is 1. The Bertz CT molecular complexity index is 931. The van der Waals surface area contributed by atoms with Gasteiger partial charge >= 0.3 is 6.03 Å². The van der Waals surface area contributed by atoms with Crippen LogP contribution >= 0.6 is 0 Å².